The van der Waals surface area contributed by atoms with Crippen molar-refractivity contribution in [3.63, 3.8) is 0 Å². The lowest BCUT2D eigenvalue weighted by molar-refractivity contribution is -0.119. The summed E-state index contributed by atoms with van der Waals surface area (Å²) < 4.78 is 4.97. The number of thiophene rings is 1. The fourth-order valence-corrected chi connectivity index (χ4v) is 4.69. The number of rotatable bonds is 4. The number of carbonyl (C=O) groups excluding carboxylic acids is 2. The summed E-state index contributed by atoms with van der Waals surface area (Å²) in [6.45, 7) is 6.17. The van der Waals surface area contributed by atoms with Crippen LogP contribution in [0.15, 0.2) is 12.4 Å². The molecule has 0 saturated heterocycles. The second-order valence-corrected chi connectivity index (χ2v) is 9.15. The molecule has 1 aliphatic carbocycles. The van der Waals surface area contributed by atoms with Gasteiger partial charge in [-0.15, -0.1) is 11.3 Å². The van der Waals surface area contributed by atoms with E-state index in [1.165, 1.54) is 23.7 Å². The minimum atomic E-state index is -0.829. The van der Waals surface area contributed by atoms with Crippen LogP contribution < -0.4 is 11.1 Å². The van der Waals surface area contributed by atoms with E-state index in [2.05, 4.69) is 42.1 Å². The third-order valence-electron chi connectivity index (χ3n) is 5.11. The van der Waals surface area contributed by atoms with Crippen LogP contribution in [-0.4, -0.2) is 28.5 Å². The number of nitrogen functional groups attached to an aromatic ring is 1. The van der Waals surface area contributed by atoms with Gasteiger partial charge in [-0.2, -0.15) is 5.26 Å². The minimum Gasteiger partial charge on any atom is -0.451 e. The van der Waals surface area contributed by atoms with Crippen molar-refractivity contribution in [2.24, 2.45) is 11.3 Å². The predicted octanol–water partition coefficient (Wildman–Crippen LogP) is 2.94. The molecular weight excluding hydrogens is 390 g/mol. The smallest absolute Gasteiger partial charge is 0.361 e. The molecule has 152 valence electrons. The van der Waals surface area contributed by atoms with Gasteiger partial charge in [-0.25, -0.2) is 14.8 Å². The molecule has 3 N–H and O–H groups in total. The van der Waals surface area contributed by atoms with Gasteiger partial charge in [0.1, 0.15) is 11.1 Å². The van der Waals surface area contributed by atoms with E-state index >= 15 is 0 Å². The zero-order valence-electron chi connectivity index (χ0n) is 16.6. The van der Waals surface area contributed by atoms with Gasteiger partial charge in [0.15, 0.2) is 18.1 Å². The molecule has 0 spiro atoms. The number of fused-ring (bicyclic) bond motifs is 1. The zero-order valence-corrected chi connectivity index (χ0v) is 17.4. The maximum absolute atomic E-state index is 12.3. The average molecular weight is 414 g/mol. The first-order chi connectivity index (χ1) is 13.7. The van der Waals surface area contributed by atoms with Crippen molar-refractivity contribution in [2.45, 2.75) is 40.0 Å². The Morgan fingerprint density at radius 1 is 1.38 bits per heavy atom. The van der Waals surface area contributed by atoms with E-state index in [9.17, 15) is 14.9 Å². The molecule has 2 aromatic rings. The highest BCUT2D eigenvalue weighted by Gasteiger charge is 2.32. The minimum absolute atomic E-state index is 0.0657. The second kappa shape index (κ2) is 8.17. The van der Waals surface area contributed by atoms with Crippen molar-refractivity contribution in [3.8, 4) is 6.07 Å². The number of anilines is 2. The molecule has 0 saturated carbocycles. The first-order valence-electron chi connectivity index (χ1n) is 9.28. The molecule has 1 atom stereocenters. The summed E-state index contributed by atoms with van der Waals surface area (Å²) in [6, 6.07) is 2.21. The first-order valence-corrected chi connectivity index (χ1v) is 10.1. The number of nitrogens with one attached hydrogen (secondary N) is 1. The van der Waals surface area contributed by atoms with Gasteiger partial charge in [-0.05, 0) is 36.2 Å². The lowest BCUT2D eigenvalue weighted by Crippen LogP contribution is -2.26. The number of amides is 1. The van der Waals surface area contributed by atoms with Gasteiger partial charge >= 0.3 is 5.97 Å². The summed E-state index contributed by atoms with van der Waals surface area (Å²) in [6.07, 6.45) is 5.41. The largest absolute Gasteiger partial charge is 0.451 e. The van der Waals surface area contributed by atoms with E-state index in [-0.39, 0.29) is 16.9 Å². The fourth-order valence-electron chi connectivity index (χ4n) is 3.40. The van der Waals surface area contributed by atoms with Gasteiger partial charge < -0.3 is 15.8 Å². The van der Waals surface area contributed by atoms with Gasteiger partial charge in [0.05, 0.1) is 5.56 Å². The van der Waals surface area contributed by atoms with Crippen molar-refractivity contribution < 1.29 is 14.3 Å². The van der Waals surface area contributed by atoms with Gasteiger partial charge in [-0.3, -0.25) is 4.79 Å². The maximum atomic E-state index is 12.3. The standard InChI is InChI=1S/C20H23N5O3S/c1-20(2,3)11-4-5-12-13(9-21)18(29-14(12)8-11)25-15(26)10-28-19(27)16-17(22)24-7-6-23-16/h6-7,11H,4-5,8,10H2,1-3H3,(H2,22,24)(H,25,26)/t11-/m0/s1. The molecule has 0 bridgehead atoms. The molecule has 29 heavy (non-hydrogen) atoms. The normalized spacial score (nSPS) is 15.9. The number of nitrogens with two attached hydrogens (primary N) is 1. The van der Waals surface area contributed by atoms with Crippen molar-refractivity contribution in [3.05, 3.63) is 34.1 Å². The summed E-state index contributed by atoms with van der Waals surface area (Å²) in [5.74, 6) is -0.890. The molecule has 0 unspecified atom stereocenters. The van der Waals surface area contributed by atoms with Gasteiger partial charge in [-0.1, -0.05) is 20.8 Å². The van der Waals surface area contributed by atoms with Crippen LogP contribution in [0.3, 0.4) is 0 Å². The third-order valence-corrected chi connectivity index (χ3v) is 6.28. The molecule has 0 aliphatic heterocycles. The Balaban J connectivity index is 1.67. The summed E-state index contributed by atoms with van der Waals surface area (Å²) in [5, 5.41) is 12.8. The molecule has 2 heterocycles. The van der Waals surface area contributed by atoms with Gasteiger partial charge in [0, 0.05) is 17.3 Å². The molecular formula is C20H23N5O3S. The number of nitrogens with zero attached hydrogens (tertiary/aromatic N) is 3. The van der Waals surface area contributed by atoms with Crippen molar-refractivity contribution >= 4 is 34.0 Å². The van der Waals surface area contributed by atoms with E-state index in [1.807, 2.05) is 0 Å². The molecule has 1 amide bonds. The lowest BCUT2D eigenvalue weighted by Gasteiger charge is -2.33. The Morgan fingerprint density at radius 3 is 2.76 bits per heavy atom. The van der Waals surface area contributed by atoms with Crippen LogP contribution in [0.25, 0.3) is 0 Å². The summed E-state index contributed by atoms with van der Waals surface area (Å²) in [4.78, 5) is 33.0. The summed E-state index contributed by atoms with van der Waals surface area (Å²) >= 11 is 1.43. The molecule has 0 radical (unpaired) electrons. The molecule has 3 rings (SSSR count). The average Bonchev–Trinajstić information content (AvgIpc) is 3.01. The molecule has 8 nitrogen and oxygen atoms in total. The van der Waals surface area contributed by atoms with Gasteiger partial charge in [0.2, 0.25) is 0 Å². The molecule has 0 aromatic carbocycles. The lowest BCUT2D eigenvalue weighted by atomic mass is 9.72. The van der Waals surface area contributed by atoms with Crippen LogP contribution in [0.2, 0.25) is 0 Å². The van der Waals surface area contributed by atoms with Crippen LogP contribution >= 0.6 is 11.3 Å². The van der Waals surface area contributed by atoms with Crippen LogP contribution in [-0.2, 0) is 22.4 Å². The van der Waals surface area contributed by atoms with Crippen molar-refractivity contribution in [1.82, 2.24) is 9.97 Å². The van der Waals surface area contributed by atoms with E-state index in [0.29, 0.717) is 16.5 Å². The molecule has 9 heteroatoms. The van der Waals surface area contributed by atoms with E-state index in [1.54, 1.807) is 0 Å². The third kappa shape index (κ3) is 4.54. The molecule has 0 fully saturated rings. The number of esters is 1. The zero-order chi connectivity index (χ0) is 21.2. The highest BCUT2D eigenvalue weighted by molar-refractivity contribution is 7.16. The Labute approximate surface area is 173 Å². The number of nitriles is 1. The highest BCUT2D eigenvalue weighted by Crippen LogP contribution is 2.43. The van der Waals surface area contributed by atoms with E-state index in [0.717, 1.165) is 29.7 Å². The second-order valence-electron chi connectivity index (χ2n) is 8.04. The predicted molar refractivity (Wildman–Crippen MR) is 109 cm³/mol. The monoisotopic (exact) mass is 413 g/mol. The topological polar surface area (TPSA) is 131 Å². The molecule has 1 aliphatic rings. The Bertz CT molecular complexity index is 987. The van der Waals surface area contributed by atoms with Crippen LogP contribution in [0.4, 0.5) is 10.8 Å². The number of ether oxygens (including phenoxy) is 1. The van der Waals surface area contributed by atoms with E-state index in [4.69, 9.17) is 10.5 Å². The van der Waals surface area contributed by atoms with Crippen molar-refractivity contribution in [1.29, 1.82) is 5.26 Å². The number of hydrogen-bond donors (Lipinski definition) is 2. The quantitative estimate of drug-likeness (QED) is 0.737. The van der Waals surface area contributed by atoms with Crippen LogP contribution in [0.5, 0.6) is 0 Å². The van der Waals surface area contributed by atoms with Gasteiger partial charge in [0.25, 0.3) is 5.91 Å². The Morgan fingerprint density at radius 2 is 2.10 bits per heavy atom. The summed E-state index contributed by atoms with van der Waals surface area (Å²) in [7, 11) is 0. The number of carbonyl (C=O) groups is 2. The van der Waals surface area contributed by atoms with E-state index < -0.39 is 18.5 Å². The highest BCUT2D eigenvalue weighted by atomic mass is 32.1. The SMILES string of the molecule is CC(C)(C)[C@H]1CCc2c(sc(NC(=O)COC(=O)c3nccnc3N)c2C#N)C1. The Hall–Kier alpha value is -2.99. The maximum Gasteiger partial charge on any atom is 0.361 e. The Kier molecular flexibility index (Phi) is 5.84. The van der Waals surface area contributed by atoms with Crippen LogP contribution in [0.1, 0.15) is 53.7 Å². The number of aromatic nitrogens is 2. The fraction of sp³-hybridized carbons (Fsp3) is 0.450. The van der Waals surface area contributed by atoms with Crippen LogP contribution in [0, 0.1) is 22.7 Å². The summed E-state index contributed by atoms with van der Waals surface area (Å²) in [5.41, 5.74) is 7.16. The number of hydrogen-bond acceptors (Lipinski definition) is 8. The first kappa shape index (κ1) is 20.7. The van der Waals surface area contributed by atoms with Crippen molar-refractivity contribution in [2.75, 3.05) is 17.7 Å². The molecule has 2 aromatic heterocycles.